The first-order valence-corrected chi connectivity index (χ1v) is 10.0. The lowest BCUT2D eigenvalue weighted by molar-refractivity contribution is 0.410. The summed E-state index contributed by atoms with van der Waals surface area (Å²) in [6.07, 6.45) is 0. The average Bonchev–Trinajstić information content (AvgIpc) is 2.83. The van der Waals surface area contributed by atoms with Gasteiger partial charge in [0.15, 0.2) is 15.0 Å². The van der Waals surface area contributed by atoms with Crippen LogP contribution >= 0.6 is 27.7 Å². The van der Waals surface area contributed by atoms with Crippen molar-refractivity contribution in [2.24, 2.45) is 4.99 Å². The number of nitrogens with zero attached hydrogens (tertiary/aromatic N) is 2. The van der Waals surface area contributed by atoms with Gasteiger partial charge in [-0.25, -0.2) is 12.8 Å². The van der Waals surface area contributed by atoms with Crippen molar-refractivity contribution >= 4 is 42.7 Å². The molecule has 0 aromatic heterocycles. The molecule has 2 atom stereocenters. The molecular weight excluding hydrogens is 379 g/mol. The molecule has 2 aliphatic heterocycles. The van der Waals surface area contributed by atoms with Crippen LogP contribution in [-0.2, 0) is 15.6 Å². The molecule has 0 spiro atoms. The van der Waals surface area contributed by atoms with Gasteiger partial charge in [-0.3, -0.25) is 4.99 Å². The van der Waals surface area contributed by atoms with Gasteiger partial charge >= 0.3 is 0 Å². The summed E-state index contributed by atoms with van der Waals surface area (Å²) in [5, 5.41) is 0.794. The van der Waals surface area contributed by atoms with E-state index in [9.17, 15) is 12.8 Å². The Labute approximate surface area is 135 Å². The van der Waals surface area contributed by atoms with Gasteiger partial charge in [0.05, 0.1) is 23.6 Å². The summed E-state index contributed by atoms with van der Waals surface area (Å²) in [4.78, 5) is 6.40. The molecule has 0 unspecified atom stereocenters. The summed E-state index contributed by atoms with van der Waals surface area (Å²) in [5.41, 5.74) is 0.615. The maximum Gasteiger partial charge on any atom is 0.159 e. The van der Waals surface area contributed by atoms with Crippen LogP contribution in [0, 0.1) is 5.82 Å². The van der Waals surface area contributed by atoms with Crippen LogP contribution in [0.5, 0.6) is 0 Å². The number of fused-ring (bicyclic) bond motifs is 1. The maximum atomic E-state index is 13.8. The van der Waals surface area contributed by atoms with Crippen LogP contribution < -0.4 is 0 Å². The van der Waals surface area contributed by atoms with Gasteiger partial charge in [-0.1, -0.05) is 33.8 Å². The minimum absolute atomic E-state index is 0.0627. The van der Waals surface area contributed by atoms with E-state index in [-0.39, 0.29) is 29.4 Å². The molecule has 4 nitrogen and oxygen atoms in total. The van der Waals surface area contributed by atoms with Gasteiger partial charge in [0.2, 0.25) is 0 Å². The van der Waals surface area contributed by atoms with E-state index in [4.69, 9.17) is 0 Å². The molecule has 1 aromatic carbocycles. The summed E-state index contributed by atoms with van der Waals surface area (Å²) >= 11 is 4.68. The Morgan fingerprint density at radius 1 is 1.48 bits per heavy atom. The van der Waals surface area contributed by atoms with Gasteiger partial charge in [-0.15, -0.1) is 0 Å². The molecular formula is C13H14BrFN2O2S2. The van der Waals surface area contributed by atoms with Gasteiger partial charge in [-0.2, -0.15) is 0 Å². The molecule has 114 valence electrons. The van der Waals surface area contributed by atoms with Crippen molar-refractivity contribution in [1.29, 1.82) is 0 Å². The second kappa shape index (κ2) is 5.55. The van der Waals surface area contributed by atoms with Crippen LogP contribution in [0.1, 0.15) is 5.56 Å². The van der Waals surface area contributed by atoms with Crippen molar-refractivity contribution in [3.63, 3.8) is 0 Å². The predicted molar refractivity (Wildman–Crippen MR) is 86.8 cm³/mol. The second-order valence-corrected chi connectivity index (χ2v) is 9.27. The highest BCUT2D eigenvalue weighted by molar-refractivity contribution is 9.10. The Bertz CT molecular complexity index is 708. The number of hydrogen-bond donors (Lipinski definition) is 0. The molecule has 21 heavy (non-hydrogen) atoms. The highest BCUT2D eigenvalue weighted by atomic mass is 79.9. The van der Waals surface area contributed by atoms with Gasteiger partial charge in [0, 0.05) is 17.3 Å². The summed E-state index contributed by atoms with van der Waals surface area (Å²) in [7, 11) is -1.11. The number of rotatable bonds is 2. The van der Waals surface area contributed by atoms with Gasteiger partial charge in [0.1, 0.15) is 5.82 Å². The predicted octanol–water partition coefficient (Wildman–Crippen LogP) is 2.29. The van der Waals surface area contributed by atoms with Crippen molar-refractivity contribution < 1.29 is 12.8 Å². The second-order valence-electron chi connectivity index (χ2n) is 5.26. The molecule has 1 fully saturated rings. The number of halogens is 2. The summed E-state index contributed by atoms with van der Waals surface area (Å²) < 4.78 is 37.7. The van der Waals surface area contributed by atoms with E-state index in [2.05, 4.69) is 20.9 Å². The van der Waals surface area contributed by atoms with Crippen LogP contribution in [0.15, 0.2) is 27.7 Å². The highest BCUT2D eigenvalue weighted by Crippen LogP contribution is 2.31. The lowest BCUT2D eigenvalue weighted by atomic mass is 10.2. The van der Waals surface area contributed by atoms with Crippen molar-refractivity contribution in [1.82, 2.24) is 4.90 Å². The molecule has 0 amide bonds. The number of thioether (sulfide) groups is 1. The summed E-state index contributed by atoms with van der Waals surface area (Å²) in [6, 6.07) is 4.76. The molecule has 1 aromatic rings. The Morgan fingerprint density at radius 2 is 2.24 bits per heavy atom. The average molecular weight is 393 g/mol. The van der Waals surface area contributed by atoms with Gasteiger partial charge in [0.25, 0.3) is 0 Å². The zero-order valence-corrected chi connectivity index (χ0v) is 14.5. The molecule has 8 heteroatoms. The van der Waals surface area contributed by atoms with Crippen LogP contribution in [-0.4, -0.2) is 49.1 Å². The molecule has 2 aliphatic rings. The van der Waals surface area contributed by atoms with E-state index in [0.717, 1.165) is 5.17 Å². The van der Waals surface area contributed by atoms with Crippen LogP contribution in [0.4, 0.5) is 4.39 Å². The number of amidine groups is 1. The minimum Gasteiger partial charge on any atom is -0.348 e. The third kappa shape index (κ3) is 3.12. The quantitative estimate of drug-likeness (QED) is 0.774. The Balaban J connectivity index is 1.69. The largest absolute Gasteiger partial charge is 0.348 e. The van der Waals surface area contributed by atoms with E-state index in [1.807, 2.05) is 11.9 Å². The zero-order valence-electron chi connectivity index (χ0n) is 11.3. The number of aliphatic imine (C=N–C) groups is 1. The molecule has 0 saturated carbocycles. The smallest absolute Gasteiger partial charge is 0.159 e. The lowest BCUT2D eigenvalue weighted by Gasteiger charge is -2.20. The van der Waals surface area contributed by atoms with Gasteiger partial charge < -0.3 is 4.90 Å². The van der Waals surface area contributed by atoms with E-state index in [1.54, 1.807) is 12.1 Å². The lowest BCUT2D eigenvalue weighted by Crippen LogP contribution is -2.35. The minimum atomic E-state index is -2.96. The Morgan fingerprint density at radius 3 is 2.90 bits per heavy atom. The first-order valence-electron chi connectivity index (χ1n) is 6.43. The van der Waals surface area contributed by atoms with Crippen LogP contribution in [0.2, 0.25) is 0 Å². The molecule has 0 bridgehead atoms. The molecule has 0 radical (unpaired) electrons. The first kappa shape index (κ1) is 15.3. The summed E-state index contributed by atoms with van der Waals surface area (Å²) in [6.45, 7) is 0. The highest BCUT2D eigenvalue weighted by Gasteiger charge is 2.44. The zero-order chi connectivity index (χ0) is 15.2. The molecule has 3 rings (SSSR count). The fourth-order valence-corrected chi connectivity index (χ4v) is 5.92. The molecule has 0 N–H and O–H groups in total. The fraction of sp³-hybridized carbons (Fsp3) is 0.462. The number of likely N-dealkylation sites (N-methyl/N-ethyl adjacent to an activating group) is 1. The van der Waals surface area contributed by atoms with E-state index < -0.39 is 9.84 Å². The fourth-order valence-electron chi connectivity index (χ4n) is 2.60. The normalized spacial score (nSPS) is 26.8. The van der Waals surface area contributed by atoms with Crippen LogP contribution in [0.3, 0.4) is 0 Å². The Kier molecular flexibility index (Phi) is 4.04. The van der Waals surface area contributed by atoms with E-state index >= 15 is 0 Å². The molecule has 2 heterocycles. The monoisotopic (exact) mass is 392 g/mol. The van der Waals surface area contributed by atoms with Crippen molar-refractivity contribution in [2.75, 3.05) is 18.6 Å². The van der Waals surface area contributed by atoms with Crippen molar-refractivity contribution in [3.8, 4) is 0 Å². The number of benzene rings is 1. The molecule has 0 aliphatic carbocycles. The number of sulfone groups is 1. The third-order valence-corrected chi connectivity index (χ3v) is 7.04. The van der Waals surface area contributed by atoms with E-state index in [0.29, 0.717) is 15.8 Å². The SMILES string of the molecule is CN1C(SCc2ccc(Br)cc2F)=N[C@H]2CS(=O)(=O)C[C@@H]21. The standard InChI is InChI=1S/C13H14BrFN2O2S2/c1-17-12-7-21(18,19)6-11(12)16-13(17)20-5-8-2-3-9(14)4-10(8)15/h2-4,11-12H,5-7H2,1H3/t11-,12-/m0/s1. The van der Waals surface area contributed by atoms with Crippen molar-refractivity contribution in [2.45, 2.75) is 17.8 Å². The number of hydrogen-bond acceptors (Lipinski definition) is 5. The third-order valence-electron chi connectivity index (χ3n) is 3.74. The van der Waals surface area contributed by atoms with E-state index in [1.165, 1.54) is 17.8 Å². The molecule has 1 saturated heterocycles. The van der Waals surface area contributed by atoms with Gasteiger partial charge in [-0.05, 0) is 17.7 Å². The topological polar surface area (TPSA) is 49.7 Å². The van der Waals surface area contributed by atoms with Crippen LogP contribution in [0.25, 0.3) is 0 Å². The Hall–Kier alpha value is -0.600. The first-order chi connectivity index (χ1) is 9.85. The van der Waals surface area contributed by atoms with Crippen molar-refractivity contribution in [3.05, 3.63) is 34.1 Å². The summed E-state index contributed by atoms with van der Waals surface area (Å²) in [5.74, 6) is 0.516. The maximum absolute atomic E-state index is 13.8.